The highest BCUT2D eigenvalue weighted by Gasteiger charge is 2.32. The molecule has 0 heterocycles. The van der Waals surface area contributed by atoms with E-state index in [4.69, 9.17) is 6.42 Å². The van der Waals surface area contributed by atoms with Gasteiger partial charge in [0.15, 0.2) is 0 Å². The first-order valence-electron chi connectivity index (χ1n) is 7.56. The zero-order valence-corrected chi connectivity index (χ0v) is 12.4. The van der Waals surface area contributed by atoms with Crippen molar-refractivity contribution in [3.63, 3.8) is 0 Å². The predicted molar refractivity (Wildman–Crippen MR) is 83.5 cm³/mol. The van der Waals surface area contributed by atoms with Crippen molar-refractivity contribution in [1.82, 2.24) is 4.90 Å². The smallest absolute Gasteiger partial charge is 0.137 e. The van der Waals surface area contributed by atoms with Crippen LogP contribution in [0.25, 0.3) is 0 Å². The molecule has 0 spiro atoms. The summed E-state index contributed by atoms with van der Waals surface area (Å²) >= 11 is 0. The maximum Gasteiger partial charge on any atom is 0.137 e. The summed E-state index contributed by atoms with van der Waals surface area (Å²) in [6, 6.07) is 10.2. The Morgan fingerprint density at radius 1 is 1.33 bits per heavy atom. The van der Waals surface area contributed by atoms with Crippen LogP contribution in [0.1, 0.15) is 24.8 Å². The van der Waals surface area contributed by atoms with Gasteiger partial charge in [0.05, 0.1) is 6.61 Å². The molecular formula is C18H23NO2. The summed E-state index contributed by atoms with van der Waals surface area (Å²) in [7, 11) is 0. The van der Waals surface area contributed by atoms with Gasteiger partial charge < -0.3 is 5.11 Å². The fraction of sp³-hybridized carbons (Fsp3) is 0.500. The second-order valence-corrected chi connectivity index (χ2v) is 5.82. The highest BCUT2D eigenvalue weighted by molar-refractivity contribution is 5.83. The molecule has 0 aromatic heterocycles. The summed E-state index contributed by atoms with van der Waals surface area (Å²) in [5.41, 5.74) is 1.23. The molecule has 2 rings (SSSR count). The van der Waals surface area contributed by atoms with Crippen LogP contribution in [0, 0.1) is 24.2 Å². The van der Waals surface area contributed by atoms with Crippen molar-refractivity contribution in [2.24, 2.45) is 11.8 Å². The maximum atomic E-state index is 11.9. The molecule has 0 bridgehead atoms. The van der Waals surface area contributed by atoms with Crippen molar-refractivity contribution in [3.8, 4) is 12.3 Å². The van der Waals surface area contributed by atoms with Crippen LogP contribution in [-0.2, 0) is 11.3 Å². The van der Waals surface area contributed by atoms with Crippen molar-refractivity contribution in [3.05, 3.63) is 35.9 Å². The number of aliphatic hydroxyl groups excluding tert-OH is 1. The molecule has 3 heteroatoms. The lowest BCUT2D eigenvalue weighted by Gasteiger charge is -2.24. The fourth-order valence-corrected chi connectivity index (χ4v) is 3.13. The van der Waals surface area contributed by atoms with Crippen molar-refractivity contribution >= 4 is 5.78 Å². The first-order chi connectivity index (χ1) is 10.2. The van der Waals surface area contributed by atoms with Gasteiger partial charge in [-0.25, -0.2) is 0 Å². The Bertz CT molecular complexity index is 492. The quantitative estimate of drug-likeness (QED) is 0.780. The molecule has 1 aromatic rings. The van der Waals surface area contributed by atoms with Gasteiger partial charge in [0.1, 0.15) is 5.78 Å². The van der Waals surface area contributed by atoms with Crippen molar-refractivity contribution in [2.75, 3.05) is 19.7 Å². The maximum absolute atomic E-state index is 11.9. The summed E-state index contributed by atoms with van der Waals surface area (Å²) in [6.45, 7) is 2.44. The lowest BCUT2D eigenvalue weighted by molar-refractivity contribution is -0.120. The number of hydrogen-bond donors (Lipinski definition) is 1. The summed E-state index contributed by atoms with van der Waals surface area (Å²) < 4.78 is 0. The van der Waals surface area contributed by atoms with Crippen LogP contribution < -0.4 is 0 Å². The summed E-state index contributed by atoms with van der Waals surface area (Å²) in [5, 5.41) is 9.24. The molecule has 1 aromatic carbocycles. The molecule has 21 heavy (non-hydrogen) atoms. The number of carbonyl (C=O) groups is 1. The standard InChI is InChI=1S/C18H23NO2/c1-2-6-17-11-16(12-18(17)21)14-19(9-10-20)13-15-7-4-3-5-8-15/h1,3-5,7-8,16-17,20H,6,9-14H2/t16-,17+/m1/s1. The van der Waals surface area contributed by atoms with Gasteiger partial charge in [0.25, 0.3) is 0 Å². The molecule has 0 saturated heterocycles. The molecule has 0 amide bonds. The van der Waals surface area contributed by atoms with Crippen LogP contribution >= 0.6 is 0 Å². The van der Waals surface area contributed by atoms with E-state index in [1.165, 1.54) is 5.56 Å². The van der Waals surface area contributed by atoms with Crippen LogP contribution in [0.4, 0.5) is 0 Å². The van der Waals surface area contributed by atoms with Crippen molar-refractivity contribution in [1.29, 1.82) is 0 Å². The Hall–Kier alpha value is -1.63. The van der Waals surface area contributed by atoms with Gasteiger partial charge >= 0.3 is 0 Å². The Labute approximate surface area is 127 Å². The minimum absolute atomic E-state index is 0.0488. The lowest BCUT2D eigenvalue weighted by Crippen LogP contribution is -2.31. The highest BCUT2D eigenvalue weighted by Crippen LogP contribution is 2.30. The highest BCUT2D eigenvalue weighted by atomic mass is 16.3. The molecular weight excluding hydrogens is 262 g/mol. The first-order valence-corrected chi connectivity index (χ1v) is 7.56. The number of aliphatic hydroxyl groups is 1. The van der Waals surface area contributed by atoms with E-state index >= 15 is 0 Å². The molecule has 3 nitrogen and oxygen atoms in total. The Morgan fingerprint density at radius 2 is 2.10 bits per heavy atom. The van der Waals surface area contributed by atoms with Crippen molar-refractivity contribution < 1.29 is 9.90 Å². The molecule has 1 aliphatic carbocycles. The molecule has 0 unspecified atom stereocenters. The van der Waals surface area contributed by atoms with Crippen LogP contribution in [0.3, 0.4) is 0 Å². The number of benzene rings is 1. The van der Waals surface area contributed by atoms with Gasteiger partial charge in [0.2, 0.25) is 0 Å². The molecule has 0 aliphatic heterocycles. The van der Waals surface area contributed by atoms with E-state index in [0.29, 0.717) is 31.1 Å². The predicted octanol–water partition coefficient (Wildman–Crippen LogP) is 2.10. The van der Waals surface area contributed by atoms with Gasteiger partial charge in [0, 0.05) is 38.4 Å². The second kappa shape index (κ2) is 7.97. The number of Topliss-reactive ketones (excluding diaryl/α,β-unsaturated/α-hetero) is 1. The average molecular weight is 285 g/mol. The van der Waals surface area contributed by atoms with Crippen LogP contribution in [0.5, 0.6) is 0 Å². The minimum Gasteiger partial charge on any atom is -0.395 e. The van der Waals surface area contributed by atoms with E-state index in [0.717, 1.165) is 19.5 Å². The molecule has 1 aliphatic rings. The van der Waals surface area contributed by atoms with Gasteiger partial charge in [-0.1, -0.05) is 30.3 Å². The van der Waals surface area contributed by atoms with E-state index in [1.54, 1.807) is 0 Å². The van der Waals surface area contributed by atoms with Crippen LogP contribution in [-0.4, -0.2) is 35.5 Å². The lowest BCUT2D eigenvalue weighted by atomic mass is 10.0. The monoisotopic (exact) mass is 285 g/mol. The molecule has 1 saturated carbocycles. The molecule has 1 fully saturated rings. The van der Waals surface area contributed by atoms with Crippen LogP contribution in [0.2, 0.25) is 0 Å². The number of nitrogens with zero attached hydrogens (tertiary/aromatic N) is 1. The summed E-state index contributed by atoms with van der Waals surface area (Å²) in [6.07, 6.45) is 7.40. The zero-order valence-electron chi connectivity index (χ0n) is 12.4. The largest absolute Gasteiger partial charge is 0.395 e. The van der Waals surface area contributed by atoms with E-state index in [2.05, 4.69) is 23.0 Å². The van der Waals surface area contributed by atoms with Gasteiger partial charge in [-0.3, -0.25) is 9.69 Å². The number of hydrogen-bond acceptors (Lipinski definition) is 3. The van der Waals surface area contributed by atoms with Gasteiger partial charge in [-0.2, -0.15) is 0 Å². The fourth-order valence-electron chi connectivity index (χ4n) is 3.13. The van der Waals surface area contributed by atoms with E-state index in [1.807, 2.05) is 18.2 Å². The molecule has 2 atom stereocenters. The van der Waals surface area contributed by atoms with E-state index in [-0.39, 0.29) is 12.5 Å². The second-order valence-electron chi connectivity index (χ2n) is 5.82. The first kappa shape index (κ1) is 15.8. The number of ketones is 1. The normalized spacial score (nSPS) is 21.7. The third-order valence-electron chi connectivity index (χ3n) is 4.11. The summed E-state index contributed by atoms with van der Waals surface area (Å²) in [5.74, 6) is 3.33. The van der Waals surface area contributed by atoms with Crippen molar-refractivity contribution in [2.45, 2.75) is 25.8 Å². The molecule has 112 valence electrons. The zero-order chi connectivity index (χ0) is 15.1. The molecule has 0 radical (unpaired) electrons. The Kier molecular flexibility index (Phi) is 5.98. The van der Waals surface area contributed by atoms with E-state index in [9.17, 15) is 9.90 Å². The summed E-state index contributed by atoms with van der Waals surface area (Å²) in [4.78, 5) is 14.1. The minimum atomic E-state index is 0.0488. The molecule has 1 N–H and O–H groups in total. The van der Waals surface area contributed by atoms with Gasteiger partial charge in [-0.05, 0) is 17.9 Å². The number of carbonyl (C=O) groups excluding carboxylic acids is 1. The third kappa shape index (κ3) is 4.70. The third-order valence-corrected chi connectivity index (χ3v) is 4.11. The van der Waals surface area contributed by atoms with Gasteiger partial charge in [-0.15, -0.1) is 12.3 Å². The SMILES string of the molecule is C#CC[C@H]1C[C@@H](CN(CCO)Cc2ccccc2)CC1=O. The van der Waals surface area contributed by atoms with E-state index < -0.39 is 0 Å². The number of rotatable bonds is 7. The number of terminal acetylenes is 1. The topological polar surface area (TPSA) is 40.5 Å². The average Bonchev–Trinajstić information content (AvgIpc) is 2.81. The Balaban J connectivity index is 1.91. The van der Waals surface area contributed by atoms with Crippen LogP contribution in [0.15, 0.2) is 30.3 Å². The Morgan fingerprint density at radius 3 is 2.76 bits per heavy atom.